The van der Waals surface area contributed by atoms with Gasteiger partial charge >= 0.3 is 0 Å². The summed E-state index contributed by atoms with van der Waals surface area (Å²) in [6.45, 7) is 5.95. The highest BCUT2D eigenvalue weighted by molar-refractivity contribution is 5.87. The van der Waals surface area contributed by atoms with Gasteiger partial charge in [-0.3, -0.25) is 9.59 Å². The van der Waals surface area contributed by atoms with Crippen molar-refractivity contribution in [3.8, 4) is 0 Å². The van der Waals surface area contributed by atoms with Gasteiger partial charge in [0.25, 0.3) is 0 Å². The van der Waals surface area contributed by atoms with Crippen LogP contribution in [-0.2, 0) is 16.0 Å². The lowest BCUT2D eigenvalue weighted by molar-refractivity contribution is -0.131. The van der Waals surface area contributed by atoms with E-state index in [0.29, 0.717) is 13.0 Å². The number of H-pyrrole nitrogens is 1. The molecule has 0 aromatic carbocycles. The average molecular weight is 252 g/mol. The Bertz CT molecular complexity index is 393. The Morgan fingerprint density at radius 2 is 2.06 bits per heavy atom. The van der Waals surface area contributed by atoms with E-state index in [1.807, 2.05) is 0 Å². The van der Waals surface area contributed by atoms with Crippen LogP contribution in [0.3, 0.4) is 0 Å². The van der Waals surface area contributed by atoms with Gasteiger partial charge in [0, 0.05) is 30.3 Å². The fraction of sp³-hybridized carbons (Fsp3) is 0.583. The molecule has 0 saturated heterocycles. The van der Waals surface area contributed by atoms with E-state index >= 15 is 0 Å². The first-order valence-electron chi connectivity index (χ1n) is 5.92. The maximum Gasteiger partial charge on any atom is 0.239 e. The summed E-state index contributed by atoms with van der Waals surface area (Å²) in [7, 11) is 0. The molecule has 0 unspecified atom stereocenters. The second kappa shape index (κ2) is 6.18. The predicted octanol–water partition coefficient (Wildman–Crippen LogP) is 0.231. The van der Waals surface area contributed by atoms with Gasteiger partial charge in [-0.2, -0.15) is 0 Å². The molecule has 3 N–H and O–H groups in total. The third-order valence-electron chi connectivity index (χ3n) is 2.36. The Morgan fingerprint density at radius 1 is 1.33 bits per heavy atom. The summed E-state index contributed by atoms with van der Waals surface area (Å²) < 4.78 is 0. The molecule has 100 valence electrons. The molecule has 0 aliphatic heterocycles. The van der Waals surface area contributed by atoms with Crippen molar-refractivity contribution < 1.29 is 9.59 Å². The summed E-state index contributed by atoms with van der Waals surface area (Å²) >= 11 is 0. The number of carbonyl (C=O) groups excluding carboxylic acids is 2. The summed E-state index contributed by atoms with van der Waals surface area (Å²) in [5.74, 6) is -0.321. The lowest BCUT2D eigenvalue weighted by Gasteiger charge is -2.17. The molecule has 0 atom stereocenters. The lowest BCUT2D eigenvalue weighted by Crippen LogP contribution is -2.42. The van der Waals surface area contributed by atoms with E-state index in [1.165, 1.54) is 0 Å². The molecule has 0 radical (unpaired) electrons. The zero-order valence-electron chi connectivity index (χ0n) is 11.0. The van der Waals surface area contributed by atoms with Gasteiger partial charge in [0.05, 0.1) is 12.9 Å². The van der Waals surface area contributed by atoms with Crippen LogP contribution >= 0.6 is 0 Å². The summed E-state index contributed by atoms with van der Waals surface area (Å²) in [6, 6.07) is 0. The molecule has 0 aliphatic rings. The van der Waals surface area contributed by atoms with Crippen molar-refractivity contribution >= 4 is 11.8 Å². The van der Waals surface area contributed by atoms with Gasteiger partial charge in [-0.05, 0) is 0 Å². The minimum atomic E-state index is -0.476. The van der Waals surface area contributed by atoms with Crippen LogP contribution in [0.4, 0.5) is 0 Å². The van der Waals surface area contributed by atoms with Gasteiger partial charge < -0.3 is 15.6 Å². The largest absolute Gasteiger partial charge is 0.354 e. The minimum absolute atomic E-state index is 0.0130. The zero-order valence-corrected chi connectivity index (χ0v) is 11.0. The number of aromatic amines is 1. The first kappa shape index (κ1) is 14.2. The van der Waals surface area contributed by atoms with E-state index in [0.717, 1.165) is 5.69 Å². The first-order chi connectivity index (χ1) is 8.39. The van der Waals surface area contributed by atoms with Crippen LogP contribution in [0, 0.1) is 5.41 Å². The summed E-state index contributed by atoms with van der Waals surface area (Å²) in [5, 5.41) is 5.32. The van der Waals surface area contributed by atoms with E-state index in [4.69, 9.17) is 0 Å². The molecule has 0 bridgehead atoms. The minimum Gasteiger partial charge on any atom is -0.354 e. The number of carbonyl (C=O) groups is 2. The average Bonchev–Trinajstić information content (AvgIpc) is 2.77. The van der Waals surface area contributed by atoms with Gasteiger partial charge in [0.2, 0.25) is 11.8 Å². The molecule has 1 heterocycles. The standard InChI is InChI=1S/C12H20N4O2/c1-12(2,3)11(18)15-7-10(17)14-5-4-9-6-13-8-16-9/h6,8H,4-5,7H2,1-3H3,(H,13,16)(H,14,17)(H,15,18). The topological polar surface area (TPSA) is 86.9 Å². The van der Waals surface area contributed by atoms with Crippen LogP contribution in [0.25, 0.3) is 0 Å². The van der Waals surface area contributed by atoms with E-state index in [-0.39, 0.29) is 18.4 Å². The number of nitrogens with zero attached hydrogens (tertiary/aromatic N) is 1. The lowest BCUT2D eigenvalue weighted by atomic mass is 9.96. The molecular weight excluding hydrogens is 232 g/mol. The normalized spacial score (nSPS) is 11.1. The van der Waals surface area contributed by atoms with Crippen LogP contribution in [-0.4, -0.2) is 34.9 Å². The molecule has 6 nitrogen and oxygen atoms in total. The highest BCUT2D eigenvalue weighted by Crippen LogP contribution is 2.11. The quantitative estimate of drug-likeness (QED) is 0.701. The number of imidazole rings is 1. The zero-order chi connectivity index (χ0) is 13.6. The molecule has 1 aromatic rings. The van der Waals surface area contributed by atoms with Crippen LogP contribution in [0.5, 0.6) is 0 Å². The van der Waals surface area contributed by atoms with Crippen LogP contribution in [0.15, 0.2) is 12.5 Å². The predicted molar refractivity (Wildman–Crippen MR) is 67.8 cm³/mol. The van der Waals surface area contributed by atoms with Gasteiger partial charge in [-0.1, -0.05) is 20.8 Å². The maximum absolute atomic E-state index is 11.5. The fourth-order valence-corrected chi connectivity index (χ4v) is 1.25. The van der Waals surface area contributed by atoms with Gasteiger partial charge in [-0.15, -0.1) is 0 Å². The molecule has 2 amide bonds. The van der Waals surface area contributed by atoms with Crippen molar-refractivity contribution in [2.75, 3.05) is 13.1 Å². The third-order valence-corrected chi connectivity index (χ3v) is 2.36. The van der Waals surface area contributed by atoms with Crippen molar-refractivity contribution in [3.63, 3.8) is 0 Å². The second-order valence-electron chi connectivity index (χ2n) is 5.11. The Hall–Kier alpha value is -1.85. The van der Waals surface area contributed by atoms with E-state index in [2.05, 4.69) is 20.6 Å². The highest BCUT2D eigenvalue weighted by Gasteiger charge is 2.21. The van der Waals surface area contributed by atoms with Gasteiger partial charge in [-0.25, -0.2) is 4.98 Å². The molecule has 0 spiro atoms. The van der Waals surface area contributed by atoms with Crippen LogP contribution in [0.2, 0.25) is 0 Å². The molecule has 6 heteroatoms. The molecule has 1 aromatic heterocycles. The second-order valence-corrected chi connectivity index (χ2v) is 5.11. The van der Waals surface area contributed by atoms with Crippen molar-refractivity contribution in [2.45, 2.75) is 27.2 Å². The van der Waals surface area contributed by atoms with Crippen molar-refractivity contribution in [3.05, 3.63) is 18.2 Å². The van der Waals surface area contributed by atoms with Gasteiger partial charge in [0.1, 0.15) is 0 Å². The van der Waals surface area contributed by atoms with Crippen molar-refractivity contribution in [1.29, 1.82) is 0 Å². The molecule has 0 aliphatic carbocycles. The molecule has 18 heavy (non-hydrogen) atoms. The SMILES string of the molecule is CC(C)(C)C(=O)NCC(=O)NCCc1cnc[nH]1. The number of hydrogen-bond acceptors (Lipinski definition) is 3. The Morgan fingerprint density at radius 3 is 2.61 bits per heavy atom. The third kappa shape index (κ3) is 4.99. The molecular formula is C12H20N4O2. The fourth-order valence-electron chi connectivity index (χ4n) is 1.25. The molecule has 0 saturated carbocycles. The Balaban J connectivity index is 2.16. The monoisotopic (exact) mass is 252 g/mol. The number of aromatic nitrogens is 2. The summed E-state index contributed by atoms with van der Waals surface area (Å²) in [6.07, 6.45) is 4.01. The Labute approximate surface area is 107 Å². The van der Waals surface area contributed by atoms with Gasteiger partial charge in [0.15, 0.2) is 0 Å². The van der Waals surface area contributed by atoms with Crippen molar-refractivity contribution in [1.82, 2.24) is 20.6 Å². The number of amides is 2. The van der Waals surface area contributed by atoms with Crippen LogP contribution in [0.1, 0.15) is 26.5 Å². The highest BCUT2D eigenvalue weighted by atomic mass is 16.2. The maximum atomic E-state index is 11.5. The first-order valence-corrected chi connectivity index (χ1v) is 5.92. The molecule has 1 rings (SSSR count). The van der Waals surface area contributed by atoms with Crippen molar-refractivity contribution in [2.24, 2.45) is 5.41 Å². The van der Waals surface area contributed by atoms with E-state index < -0.39 is 5.41 Å². The smallest absolute Gasteiger partial charge is 0.239 e. The summed E-state index contributed by atoms with van der Waals surface area (Å²) in [5.41, 5.74) is 0.491. The number of nitrogens with one attached hydrogen (secondary N) is 3. The molecule has 0 fully saturated rings. The van der Waals surface area contributed by atoms with Crippen LogP contribution < -0.4 is 10.6 Å². The number of hydrogen-bond donors (Lipinski definition) is 3. The van der Waals surface area contributed by atoms with E-state index in [9.17, 15) is 9.59 Å². The number of rotatable bonds is 5. The summed E-state index contributed by atoms with van der Waals surface area (Å²) in [4.78, 5) is 29.8. The van der Waals surface area contributed by atoms with E-state index in [1.54, 1.807) is 33.3 Å². The Kier molecular flexibility index (Phi) is 4.88.